The first-order valence-electron chi connectivity index (χ1n) is 7.08. The number of nitrogens with one attached hydrogen (secondary N) is 1. The molecule has 3 rings (SSSR count). The summed E-state index contributed by atoms with van der Waals surface area (Å²) in [6.45, 7) is 5.74. The molecule has 0 bridgehead atoms. The third-order valence-corrected chi connectivity index (χ3v) is 4.82. The maximum Gasteiger partial charge on any atom is 0.0793 e. The van der Waals surface area contributed by atoms with Crippen molar-refractivity contribution in [2.24, 2.45) is 11.0 Å². The van der Waals surface area contributed by atoms with Gasteiger partial charge in [-0.15, -0.1) is 0 Å². The van der Waals surface area contributed by atoms with Crippen molar-refractivity contribution in [1.82, 2.24) is 10.3 Å². The molecule has 2 unspecified atom stereocenters. The molecule has 0 aliphatic carbocycles. The number of hydrogen-bond acceptors (Lipinski definition) is 3. The molecule has 1 aromatic carbocycles. The number of hydrazone groups is 1. The second-order valence-electron chi connectivity index (χ2n) is 5.39. The number of nitrogens with zero attached hydrogens (tertiary/aromatic N) is 2. The van der Waals surface area contributed by atoms with Crippen molar-refractivity contribution in [1.29, 1.82) is 0 Å². The average Bonchev–Trinajstić information content (AvgIpc) is 2.83. The highest BCUT2D eigenvalue weighted by atomic mass is 79.9. The van der Waals surface area contributed by atoms with Crippen LogP contribution in [0.15, 0.2) is 33.8 Å². The van der Waals surface area contributed by atoms with E-state index < -0.39 is 0 Å². The second kappa shape index (κ2) is 5.63. The number of piperidine rings is 1. The zero-order valence-electron chi connectivity index (χ0n) is 11.3. The summed E-state index contributed by atoms with van der Waals surface area (Å²) >= 11 is 3.66. The largest absolute Gasteiger partial charge is 0.302 e. The Labute approximate surface area is 123 Å². The van der Waals surface area contributed by atoms with Gasteiger partial charge in [0.15, 0.2) is 0 Å². The van der Waals surface area contributed by atoms with E-state index in [4.69, 9.17) is 0 Å². The number of halogens is 1. The van der Waals surface area contributed by atoms with Crippen LogP contribution in [-0.4, -0.2) is 30.2 Å². The Kier molecular flexibility index (Phi) is 3.89. The molecule has 0 saturated carbocycles. The number of likely N-dealkylation sites (tertiary alicyclic amines) is 1. The first-order valence-corrected chi connectivity index (χ1v) is 7.87. The maximum atomic E-state index is 4.57. The lowest BCUT2D eigenvalue weighted by atomic mass is 9.86. The van der Waals surface area contributed by atoms with Gasteiger partial charge < -0.3 is 10.3 Å². The van der Waals surface area contributed by atoms with Crippen LogP contribution in [-0.2, 0) is 0 Å². The van der Waals surface area contributed by atoms with Crippen molar-refractivity contribution in [3.05, 3.63) is 34.3 Å². The van der Waals surface area contributed by atoms with Gasteiger partial charge in [-0.3, -0.25) is 0 Å². The second-order valence-corrected chi connectivity index (χ2v) is 6.24. The zero-order chi connectivity index (χ0) is 13.2. The van der Waals surface area contributed by atoms with Crippen LogP contribution in [0.5, 0.6) is 0 Å². The Morgan fingerprint density at radius 1 is 1.42 bits per heavy atom. The molecule has 0 spiro atoms. The Morgan fingerprint density at radius 2 is 2.26 bits per heavy atom. The summed E-state index contributed by atoms with van der Waals surface area (Å²) in [5, 5.41) is 4.57. The summed E-state index contributed by atoms with van der Waals surface area (Å²) in [7, 11) is 0. The SMILES string of the molecule is CCCN1CCC2=NNC(c3ccccc3Br)C2C1. The molecule has 2 aliphatic rings. The van der Waals surface area contributed by atoms with Crippen LogP contribution in [0.25, 0.3) is 0 Å². The lowest BCUT2D eigenvalue weighted by molar-refractivity contribution is 0.228. The van der Waals surface area contributed by atoms with Crippen molar-refractivity contribution in [3.63, 3.8) is 0 Å². The maximum absolute atomic E-state index is 4.57. The van der Waals surface area contributed by atoms with Gasteiger partial charge in [0.2, 0.25) is 0 Å². The molecular weight excluding hydrogens is 302 g/mol. The van der Waals surface area contributed by atoms with Crippen molar-refractivity contribution in [3.8, 4) is 0 Å². The van der Waals surface area contributed by atoms with Gasteiger partial charge in [0.05, 0.1) is 6.04 Å². The third-order valence-electron chi connectivity index (χ3n) is 4.10. The molecule has 2 atom stereocenters. The Hall–Kier alpha value is -0.870. The van der Waals surface area contributed by atoms with Gasteiger partial charge in [0.25, 0.3) is 0 Å². The average molecular weight is 322 g/mol. The van der Waals surface area contributed by atoms with Crippen molar-refractivity contribution >= 4 is 21.6 Å². The van der Waals surface area contributed by atoms with Gasteiger partial charge in [-0.05, 0) is 24.6 Å². The normalized spacial score (nSPS) is 26.7. The van der Waals surface area contributed by atoms with Crippen LogP contribution < -0.4 is 5.43 Å². The van der Waals surface area contributed by atoms with E-state index >= 15 is 0 Å². The number of hydrogen-bond donors (Lipinski definition) is 1. The molecule has 0 aromatic heterocycles. The highest BCUT2D eigenvalue weighted by Crippen LogP contribution is 2.35. The van der Waals surface area contributed by atoms with Crippen molar-refractivity contribution < 1.29 is 0 Å². The van der Waals surface area contributed by atoms with Crippen LogP contribution in [0.1, 0.15) is 31.4 Å². The minimum atomic E-state index is 0.324. The topological polar surface area (TPSA) is 27.6 Å². The lowest BCUT2D eigenvalue weighted by Crippen LogP contribution is -2.42. The van der Waals surface area contributed by atoms with Crippen LogP contribution in [0.3, 0.4) is 0 Å². The molecule has 2 aliphatic heterocycles. The monoisotopic (exact) mass is 321 g/mol. The highest BCUT2D eigenvalue weighted by molar-refractivity contribution is 9.10. The van der Waals surface area contributed by atoms with E-state index in [-0.39, 0.29) is 0 Å². The Morgan fingerprint density at radius 3 is 3.05 bits per heavy atom. The van der Waals surface area contributed by atoms with E-state index in [1.807, 2.05) is 0 Å². The molecule has 19 heavy (non-hydrogen) atoms. The third kappa shape index (κ3) is 2.56. The van der Waals surface area contributed by atoms with Gasteiger partial charge in [0.1, 0.15) is 0 Å². The minimum Gasteiger partial charge on any atom is -0.302 e. The quantitative estimate of drug-likeness (QED) is 0.925. The summed E-state index contributed by atoms with van der Waals surface area (Å²) in [6.07, 6.45) is 2.34. The summed E-state index contributed by atoms with van der Waals surface area (Å²) in [5.41, 5.74) is 6.03. The molecule has 0 amide bonds. The molecule has 2 heterocycles. The first kappa shape index (κ1) is 13.1. The predicted octanol–water partition coefficient (Wildman–Crippen LogP) is 3.18. The molecule has 4 heteroatoms. The van der Waals surface area contributed by atoms with Gasteiger partial charge in [0, 0.05) is 35.6 Å². The van der Waals surface area contributed by atoms with Crippen LogP contribution in [0.2, 0.25) is 0 Å². The Bertz CT molecular complexity index is 486. The lowest BCUT2D eigenvalue weighted by Gasteiger charge is -2.33. The summed E-state index contributed by atoms with van der Waals surface area (Å²) in [6, 6.07) is 8.80. The molecule has 1 aromatic rings. The van der Waals surface area contributed by atoms with E-state index in [2.05, 4.69) is 62.5 Å². The summed E-state index contributed by atoms with van der Waals surface area (Å²) in [4.78, 5) is 2.57. The van der Waals surface area contributed by atoms with Crippen molar-refractivity contribution in [2.45, 2.75) is 25.8 Å². The highest BCUT2D eigenvalue weighted by Gasteiger charge is 2.37. The molecule has 0 radical (unpaired) electrons. The molecule has 3 nitrogen and oxygen atoms in total. The van der Waals surface area contributed by atoms with Crippen LogP contribution >= 0.6 is 15.9 Å². The molecule has 102 valence electrons. The van der Waals surface area contributed by atoms with E-state index in [1.54, 1.807) is 0 Å². The van der Waals surface area contributed by atoms with Crippen molar-refractivity contribution in [2.75, 3.05) is 19.6 Å². The van der Waals surface area contributed by atoms with Crippen LogP contribution in [0, 0.1) is 5.92 Å². The predicted molar refractivity (Wildman–Crippen MR) is 82.3 cm³/mol. The van der Waals surface area contributed by atoms with E-state index in [0.29, 0.717) is 12.0 Å². The summed E-state index contributed by atoms with van der Waals surface area (Å²) < 4.78 is 1.18. The molecular formula is C15H20BrN3. The fraction of sp³-hybridized carbons (Fsp3) is 0.533. The van der Waals surface area contributed by atoms with Crippen LogP contribution in [0.4, 0.5) is 0 Å². The van der Waals surface area contributed by atoms with E-state index in [0.717, 1.165) is 19.5 Å². The van der Waals surface area contributed by atoms with Gasteiger partial charge >= 0.3 is 0 Å². The standard InChI is InChI=1S/C15H20BrN3/c1-2-8-19-9-7-14-12(10-19)15(18-17-14)11-5-3-4-6-13(11)16/h3-6,12,15,18H,2,7-10H2,1H3. The fourth-order valence-corrected chi connectivity index (χ4v) is 3.68. The molecule has 1 saturated heterocycles. The zero-order valence-corrected chi connectivity index (χ0v) is 12.9. The summed E-state index contributed by atoms with van der Waals surface area (Å²) in [5.74, 6) is 0.527. The smallest absolute Gasteiger partial charge is 0.0793 e. The van der Waals surface area contributed by atoms with E-state index in [1.165, 1.54) is 28.7 Å². The minimum absolute atomic E-state index is 0.324. The molecule has 1 fully saturated rings. The van der Waals surface area contributed by atoms with E-state index in [9.17, 15) is 0 Å². The first-order chi connectivity index (χ1) is 9.29. The fourth-order valence-electron chi connectivity index (χ4n) is 3.14. The Balaban J connectivity index is 1.80. The van der Waals surface area contributed by atoms with Gasteiger partial charge in [-0.25, -0.2) is 0 Å². The number of fused-ring (bicyclic) bond motifs is 1. The number of benzene rings is 1. The molecule has 1 N–H and O–H groups in total. The number of rotatable bonds is 3. The van der Waals surface area contributed by atoms with Gasteiger partial charge in [-0.2, -0.15) is 5.10 Å². The van der Waals surface area contributed by atoms with Gasteiger partial charge in [-0.1, -0.05) is 41.1 Å².